The minimum absolute atomic E-state index is 0.0255. The van der Waals surface area contributed by atoms with Crippen LogP contribution in [0.2, 0.25) is 0 Å². The van der Waals surface area contributed by atoms with E-state index in [0.29, 0.717) is 6.61 Å². The maximum atomic E-state index is 5.50. The summed E-state index contributed by atoms with van der Waals surface area (Å²) in [6.45, 7) is 2.49. The van der Waals surface area contributed by atoms with Gasteiger partial charge in [-0.15, -0.1) is 12.6 Å². The van der Waals surface area contributed by atoms with E-state index in [1.807, 2.05) is 14.8 Å². The van der Waals surface area contributed by atoms with Crippen molar-refractivity contribution in [1.82, 2.24) is 0 Å². The molecule has 70 valence electrons. The molecule has 0 spiro atoms. The van der Waals surface area contributed by atoms with Crippen LogP contribution in [0, 0.1) is 0 Å². The van der Waals surface area contributed by atoms with Gasteiger partial charge in [-0.2, -0.15) is 0 Å². The molecule has 1 heterocycles. The van der Waals surface area contributed by atoms with Crippen molar-refractivity contribution in [2.24, 2.45) is 0 Å². The Morgan fingerprint density at radius 3 is 2.83 bits per heavy atom. The molecule has 3 nitrogen and oxygen atoms in total. The van der Waals surface area contributed by atoms with Crippen LogP contribution in [-0.4, -0.2) is 45.2 Å². The molecule has 0 aromatic heterocycles. The van der Waals surface area contributed by atoms with Crippen LogP contribution in [-0.2, 0) is 14.2 Å². The SMILES string of the molecule is B[C@@H]1OCC(OC(C)S)C1OC. The molecule has 0 aromatic carbocycles. The molecule has 0 aliphatic carbocycles. The third-order valence-electron chi connectivity index (χ3n) is 2.00. The van der Waals surface area contributed by atoms with Crippen molar-refractivity contribution in [2.75, 3.05) is 13.7 Å². The first kappa shape index (κ1) is 10.4. The Kier molecular flexibility index (Phi) is 3.90. The van der Waals surface area contributed by atoms with Gasteiger partial charge in [0.05, 0.1) is 18.0 Å². The number of hydrogen-bond donors (Lipinski definition) is 1. The maximum Gasteiger partial charge on any atom is 0.142 e. The van der Waals surface area contributed by atoms with Gasteiger partial charge < -0.3 is 14.2 Å². The zero-order chi connectivity index (χ0) is 9.14. The van der Waals surface area contributed by atoms with E-state index in [0.717, 1.165) is 0 Å². The van der Waals surface area contributed by atoms with Gasteiger partial charge in [0.15, 0.2) is 0 Å². The average molecular weight is 190 g/mol. The molecule has 1 saturated heterocycles. The van der Waals surface area contributed by atoms with Gasteiger partial charge in [-0.25, -0.2) is 0 Å². The van der Waals surface area contributed by atoms with Gasteiger partial charge in [0.25, 0.3) is 0 Å². The molecule has 0 N–H and O–H groups in total. The van der Waals surface area contributed by atoms with E-state index in [4.69, 9.17) is 14.2 Å². The summed E-state index contributed by atoms with van der Waals surface area (Å²) in [4.78, 5) is 0. The van der Waals surface area contributed by atoms with Crippen molar-refractivity contribution >= 4 is 20.5 Å². The quantitative estimate of drug-likeness (QED) is 0.374. The van der Waals surface area contributed by atoms with Crippen LogP contribution in [0.4, 0.5) is 0 Å². The van der Waals surface area contributed by atoms with Crippen LogP contribution in [0.25, 0.3) is 0 Å². The van der Waals surface area contributed by atoms with Gasteiger partial charge in [0, 0.05) is 7.11 Å². The van der Waals surface area contributed by atoms with E-state index in [2.05, 4.69) is 12.6 Å². The highest BCUT2D eigenvalue weighted by Crippen LogP contribution is 2.19. The molecule has 1 aliphatic heterocycles. The lowest BCUT2D eigenvalue weighted by Gasteiger charge is -2.20. The predicted molar refractivity (Wildman–Crippen MR) is 52.4 cm³/mol. The van der Waals surface area contributed by atoms with Crippen molar-refractivity contribution in [3.8, 4) is 0 Å². The molecule has 0 aromatic rings. The minimum atomic E-state index is -0.0680. The van der Waals surface area contributed by atoms with E-state index in [1.54, 1.807) is 7.11 Å². The number of rotatable bonds is 3. The zero-order valence-electron chi connectivity index (χ0n) is 7.69. The van der Waals surface area contributed by atoms with Crippen molar-refractivity contribution in [2.45, 2.75) is 30.6 Å². The summed E-state index contributed by atoms with van der Waals surface area (Å²) in [6, 6.07) is 0.118. The fraction of sp³-hybridized carbons (Fsp3) is 1.00. The lowest BCUT2D eigenvalue weighted by atomic mass is 9.94. The number of thiol groups is 1. The molecule has 0 radical (unpaired) electrons. The first-order chi connectivity index (χ1) is 5.65. The molecule has 0 bridgehead atoms. The lowest BCUT2D eigenvalue weighted by Crippen LogP contribution is -2.35. The summed E-state index contributed by atoms with van der Waals surface area (Å²) in [5.41, 5.74) is -0.0680. The van der Waals surface area contributed by atoms with E-state index in [9.17, 15) is 0 Å². The largest absolute Gasteiger partial charge is 0.382 e. The maximum absolute atomic E-state index is 5.50. The molecule has 4 atom stereocenters. The minimum Gasteiger partial charge on any atom is -0.382 e. The molecule has 1 aliphatic rings. The van der Waals surface area contributed by atoms with Crippen LogP contribution >= 0.6 is 12.6 Å². The second-order valence-electron chi connectivity index (χ2n) is 3.01. The molecule has 1 fully saturated rings. The molecule has 0 saturated carbocycles. The van der Waals surface area contributed by atoms with Crippen LogP contribution in [0.5, 0.6) is 0 Å². The van der Waals surface area contributed by atoms with Gasteiger partial charge in [0.1, 0.15) is 20.1 Å². The topological polar surface area (TPSA) is 27.7 Å². The Labute approximate surface area is 79.6 Å². The second-order valence-corrected chi connectivity index (χ2v) is 3.74. The Hall–Kier alpha value is 0.295. The summed E-state index contributed by atoms with van der Waals surface area (Å²) in [7, 11) is 3.66. The molecule has 3 unspecified atom stereocenters. The zero-order valence-corrected chi connectivity index (χ0v) is 8.58. The van der Waals surface area contributed by atoms with E-state index < -0.39 is 0 Å². The van der Waals surface area contributed by atoms with E-state index in [-0.39, 0.29) is 23.6 Å². The van der Waals surface area contributed by atoms with Crippen LogP contribution < -0.4 is 0 Å². The monoisotopic (exact) mass is 190 g/mol. The van der Waals surface area contributed by atoms with Gasteiger partial charge in [-0.05, 0) is 6.92 Å². The fourth-order valence-electron chi connectivity index (χ4n) is 1.45. The predicted octanol–water partition coefficient (Wildman–Crippen LogP) is -0.348. The first-order valence-corrected chi connectivity index (χ1v) is 4.64. The van der Waals surface area contributed by atoms with Crippen molar-refractivity contribution in [1.29, 1.82) is 0 Å². The van der Waals surface area contributed by atoms with Gasteiger partial charge >= 0.3 is 0 Å². The average Bonchev–Trinajstić information content (AvgIpc) is 2.30. The fourth-order valence-corrected chi connectivity index (χ4v) is 1.61. The Bertz CT molecular complexity index is 145. The van der Waals surface area contributed by atoms with Crippen molar-refractivity contribution in [3.63, 3.8) is 0 Å². The first-order valence-electron chi connectivity index (χ1n) is 4.13. The van der Waals surface area contributed by atoms with Gasteiger partial charge in [-0.3, -0.25) is 0 Å². The molecular weight excluding hydrogens is 175 g/mol. The molecule has 5 heteroatoms. The molecular formula is C7H15BO3S. The van der Waals surface area contributed by atoms with Crippen LogP contribution in [0.1, 0.15) is 6.92 Å². The third kappa shape index (κ3) is 2.39. The summed E-state index contributed by atoms with van der Waals surface area (Å²) in [5.74, 6) is 0. The van der Waals surface area contributed by atoms with Crippen LogP contribution in [0.15, 0.2) is 0 Å². The standard InChI is InChI=1S/C7H15BO3S/c1-4(12)11-5-3-10-7(8)6(5)9-2/h4-7,12H,3,8H2,1-2H3/t4?,5?,6?,7-/m1/s1. The summed E-state index contributed by atoms with van der Waals surface area (Å²) >= 11 is 4.15. The molecule has 12 heavy (non-hydrogen) atoms. The molecule has 0 amide bonds. The highest BCUT2D eigenvalue weighted by atomic mass is 32.1. The second kappa shape index (κ2) is 4.51. The smallest absolute Gasteiger partial charge is 0.142 e. The van der Waals surface area contributed by atoms with E-state index >= 15 is 0 Å². The van der Waals surface area contributed by atoms with Crippen molar-refractivity contribution in [3.05, 3.63) is 0 Å². The highest BCUT2D eigenvalue weighted by Gasteiger charge is 2.35. The van der Waals surface area contributed by atoms with Gasteiger partial charge in [-0.1, -0.05) is 0 Å². The number of hydrogen-bond acceptors (Lipinski definition) is 4. The van der Waals surface area contributed by atoms with Gasteiger partial charge in [0.2, 0.25) is 0 Å². The Morgan fingerprint density at radius 2 is 2.33 bits per heavy atom. The lowest BCUT2D eigenvalue weighted by molar-refractivity contribution is -0.0363. The summed E-state index contributed by atoms with van der Waals surface area (Å²) in [6.07, 6.45) is 0.0668. The Balaban J connectivity index is 2.43. The number of methoxy groups -OCH3 is 1. The highest BCUT2D eigenvalue weighted by molar-refractivity contribution is 7.80. The normalized spacial score (nSPS) is 38.4. The molecule has 1 rings (SSSR count). The third-order valence-corrected chi connectivity index (χ3v) is 2.12. The number of ether oxygens (including phenoxy) is 3. The van der Waals surface area contributed by atoms with Crippen molar-refractivity contribution < 1.29 is 14.2 Å². The summed E-state index contributed by atoms with van der Waals surface area (Å²) < 4.78 is 16.1. The Morgan fingerprint density at radius 1 is 1.67 bits per heavy atom. The van der Waals surface area contributed by atoms with E-state index in [1.165, 1.54) is 0 Å². The summed E-state index contributed by atoms with van der Waals surface area (Å²) in [5, 5.41) is 0. The van der Waals surface area contributed by atoms with Crippen LogP contribution in [0.3, 0.4) is 0 Å².